The van der Waals surface area contributed by atoms with Gasteiger partial charge in [0.2, 0.25) is 11.8 Å². The average molecular weight is 481 g/mol. The Kier molecular flexibility index (Phi) is 6.24. The molecule has 5 rings (SSSR count). The van der Waals surface area contributed by atoms with Crippen LogP contribution in [-0.4, -0.2) is 67.2 Å². The summed E-state index contributed by atoms with van der Waals surface area (Å²) >= 11 is 1.52. The van der Waals surface area contributed by atoms with E-state index in [1.54, 1.807) is 31.6 Å². The molecule has 34 heavy (non-hydrogen) atoms. The fourth-order valence-corrected chi connectivity index (χ4v) is 5.02. The minimum Gasteiger partial charge on any atom is -0.481 e. The van der Waals surface area contributed by atoms with Crippen molar-refractivity contribution in [3.8, 4) is 16.5 Å². The predicted molar refractivity (Wildman–Crippen MR) is 129 cm³/mol. The Morgan fingerprint density at radius 1 is 1.12 bits per heavy atom. The van der Waals surface area contributed by atoms with Crippen LogP contribution in [0, 0.1) is 5.92 Å². The van der Waals surface area contributed by atoms with Gasteiger partial charge in [-0.2, -0.15) is 4.98 Å². The van der Waals surface area contributed by atoms with Gasteiger partial charge in [-0.25, -0.2) is 15.0 Å². The van der Waals surface area contributed by atoms with Gasteiger partial charge in [0.1, 0.15) is 16.9 Å². The van der Waals surface area contributed by atoms with Crippen molar-refractivity contribution in [1.82, 2.24) is 19.9 Å². The third kappa shape index (κ3) is 4.38. The Balaban J connectivity index is 1.51. The highest BCUT2D eigenvalue weighted by atomic mass is 32.1. The molecule has 0 radical (unpaired) electrons. The fraction of sp³-hybridized carbons (Fsp3) is 0.304. The summed E-state index contributed by atoms with van der Waals surface area (Å²) in [6, 6.07) is 10.8. The molecular formula is C23H24N6O4S. The molecule has 0 saturated heterocycles. The SMILES string of the molecule is COc1cc(Nc2ncc(-c3nc4ccccc4s3)c(N[C@@H]3C[C@H](CO)[C@@H](O)[C@H]3O)n2)ccn1. The Labute approximate surface area is 199 Å². The van der Waals surface area contributed by atoms with Crippen LogP contribution in [0.4, 0.5) is 17.5 Å². The molecule has 5 N–H and O–H groups in total. The van der Waals surface area contributed by atoms with Crippen molar-refractivity contribution in [1.29, 1.82) is 0 Å². The first-order valence-corrected chi connectivity index (χ1v) is 11.6. The van der Waals surface area contributed by atoms with E-state index in [1.165, 1.54) is 11.3 Å². The highest BCUT2D eigenvalue weighted by Gasteiger charge is 2.41. The first-order chi connectivity index (χ1) is 16.6. The molecule has 4 atom stereocenters. The quantitative estimate of drug-likeness (QED) is 0.267. The number of benzene rings is 1. The summed E-state index contributed by atoms with van der Waals surface area (Å²) in [6.45, 7) is -0.207. The zero-order chi connectivity index (χ0) is 23.7. The van der Waals surface area contributed by atoms with Crippen LogP contribution in [0.2, 0.25) is 0 Å². The molecule has 11 heteroatoms. The van der Waals surface area contributed by atoms with Crippen molar-refractivity contribution in [2.24, 2.45) is 5.92 Å². The molecule has 0 spiro atoms. The van der Waals surface area contributed by atoms with Crippen molar-refractivity contribution in [2.45, 2.75) is 24.7 Å². The fourth-order valence-electron chi connectivity index (χ4n) is 4.05. The lowest BCUT2D eigenvalue weighted by Gasteiger charge is -2.20. The Bertz CT molecular complexity index is 1270. The number of para-hydroxylation sites is 1. The highest BCUT2D eigenvalue weighted by molar-refractivity contribution is 7.21. The van der Waals surface area contributed by atoms with Crippen molar-refractivity contribution in [3.63, 3.8) is 0 Å². The van der Waals surface area contributed by atoms with E-state index in [1.807, 2.05) is 24.3 Å². The maximum Gasteiger partial charge on any atom is 0.229 e. The van der Waals surface area contributed by atoms with Crippen molar-refractivity contribution < 1.29 is 20.1 Å². The Morgan fingerprint density at radius 3 is 2.74 bits per heavy atom. The maximum atomic E-state index is 10.5. The molecule has 0 bridgehead atoms. The largest absolute Gasteiger partial charge is 0.481 e. The summed E-state index contributed by atoms with van der Waals surface area (Å²) < 4.78 is 6.20. The molecule has 3 heterocycles. The van der Waals surface area contributed by atoms with Crippen LogP contribution >= 0.6 is 11.3 Å². The van der Waals surface area contributed by atoms with Crippen molar-refractivity contribution >= 4 is 39.0 Å². The maximum absolute atomic E-state index is 10.5. The number of hydrogen-bond acceptors (Lipinski definition) is 11. The standard InChI is InChI=1S/C23H24N6O4S/c1-33-18-9-13(6-7-24-18)26-23-25-10-14(22-28-15-4-2-3-5-17(15)34-22)21(29-23)27-16-8-12(11-30)19(31)20(16)32/h2-7,9-10,12,16,19-20,30-32H,8,11H2,1H3,(H2,24,25,26,27,29)/t12-,16-,19-,20+/m1/s1. The number of ether oxygens (including phenoxy) is 1. The summed E-state index contributed by atoms with van der Waals surface area (Å²) in [5.41, 5.74) is 2.24. The van der Waals surface area contributed by atoms with E-state index in [0.717, 1.165) is 15.2 Å². The van der Waals surface area contributed by atoms with Crippen LogP contribution in [0.25, 0.3) is 20.8 Å². The summed E-state index contributed by atoms with van der Waals surface area (Å²) in [5.74, 6) is 0.828. The molecule has 1 aromatic carbocycles. The van der Waals surface area contributed by atoms with E-state index in [9.17, 15) is 15.3 Å². The van der Waals surface area contributed by atoms with Crippen LogP contribution in [0.1, 0.15) is 6.42 Å². The molecule has 176 valence electrons. The number of nitrogens with zero attached hydrogens (tertiary/aromatic N) is 4. The van der Waals surface area contributed by atoms with E-state index >= 15 is 0 Å². The number of nitrogens with one attached hydrogen (secondary N) is 2. The van der Waals surface area contributed by atoms with Crippen LogP contribution in [-0.2, 0) is 0 Å². The second kappa shape index (κ2) is 9.47. The minimum absolute atomic E-state index is 0.207. The van der Waals surface area contributed by atoms with E-state index in [2.05, 4.69) is 25.6 Å². The van der Waals surface area contributed by atoms with E-state index in [0.29, 0.717) is 35.3 Å². The number of hydrogen-bond donors (Lipinski definition) is 5. The lowest BCUT2D eigenvalue weighted by atomic mass is 10.1. The van der Waals surface area contributed by atoms with Gasteiger partial charge in [0.25, 0.3) is 0 Å². The molecule has 1 fully saturated rings. The number of methoxy groups -OCH3 is 1. The van der Waals surface area contributed by atoms with Gasteiger partial charge in [-0.15, -0.1) is 11.3 Å². The number of aliphatic hydroxyl groups excluding tert-OH is 3. The molecule has 1 saturated carbocycles. The zero-order valence-corrected chi connectivity index (χ0v) is 19.1. The third-order valence-electron chi connectivity index (χ3n) is 5.87. The molecule has 1 aliphatic carbocycles. The lowest BCUT2D eigenvalue weighted by molar-refractivity contribution is 0.00446. The molecule has 3 aromatic heterocycles. The molecule has 10 nitrogen and oxygen atoms in total. The average Bonchev–Trinajstić information content (AvgIpc) is 3.40. The molecule has 0 unspecified atom stereocenters. The summed E-state index contributed by atoms with van der Waals surface area (Å²) in [4.78, 5) is 17.9. The van der Waals surface area contributed by atoms with Gasteiger partial charge >= 0.3 is 0 Å². The normalized spacial score (nSPS) is 22.1. The van der Waals surface area contributed by atoms with Gasteiger partial charge in [0, 0.05) is 36.7 Å². The van der Waals surface area contributed by atoms with Crippen LogP contribution < -0.4 is 15.4 Å². The number of pyridine rings is 1. The summed E-state index contributed by atoms with van der Waals surface area (Å²) in [5, 5.41) is 37.5. The second-order valence-corrected chi connectivity index (χ2v) is 9.10. The topological polar surface area (TPSA) is 146 Å². The minimum atomic E-state index is -1.05. The van der Waals surface area contributed by atoms with E-state index < -0.39 is 24.2 Å². The Morgan fingerprint density at radius 2 is 1.97 bits per heavy atom. The summed E-state index contributed by atoms with van der Waals surface area (Å²) in [7, 11) is 1.54. The van der Waals surface area contributed by atoms with Gasteiger partial charge < -0.3 is 30.7 Å². The van der Waals surface area contributed by atoms with Gasteiger partial charge in [-0.05, 0) is 24.6 Å². The van der Waals surface area contributed by atoms with Crippen LogP contribution in [0.15, 0.2) is 48.8 Å². The molecule has 0 amide bonds. The van der Waals surface area contributed by atoms with Gasteiger partial charge in [-0.3, -0.25) is 0 Å². The van der Waals surface area contributed by atoms with Crippen molar-refractivity contribution in [2.75, 3.05) is 24.4 Å². The number of thiazole rings is 1. The van der Waals surface area contributed by atoms with Gasteiger partial charge in [0.05, 0.1) is 35.0 Å². The van der Waals surface area contributed by atoms with Crippen LogP contribution in [0.5, 0.6) is 5.88 Å². The van der Waals surface area contributed by atoms with Gasteiger partial charge in [0.15, 0.2) is 0 Å². The lowest BCUT2D eigenvalue weighted by Crippen LogP contribution is -2.35. The van der Waals surface area contributed by atoms with Crippen molar-refractivity contribution in [3.05, 3.63) is 48.8 Å². The van der Waals surface area contributed by atoms with Gasteiger partial charge in [-0.1, -0.05) is 12.1 Å². The Hall–Kier alpha value is -3.38. The predicted octanol–water partition coefficient (Wildman–Crippen LogP) is 2.41. The number of fused-ring (bicyclic) bond motifs is 1. The smallest absolute Gasteiger partial charge is 0.229 e. The number of aromatic nitrogens is 4. The summed E-state index contributed by atoms with van der Waals surface area (Å²) in [6.07, 6.45) is 1.62. The highest BCUT2D eigenvalue weighted by Crippen LogP contribution is 2.36. The second-order valence-electron chi connectivity index (χ2n) is 8.06. The molecule has 4 aromatic rings. The number of aliphatic hydroxyl groups is 3. The zero-order valence-electron chi connectivity index (χ0n) is 18.3. The first-order valence-electron chi connectivity index (χ1n) is 10.8. The molecule has 1 aliphatic rings. The van der Waals surface area contributed by atoms with E-state index in [4.69, 9.17) is 9.72 Å². The van der Waals surface area contributed by atoms with Crippen LogP contribution in [0.3, 0.4) is 0 Å². The number of anilines is 3. The molecule has 0 aliphatic heterocycles. The monoisotopic (exact) mass is 480 g/mol. The first kappa shape index (κ1) is 22.4. The number of rotatable bonds is 7. The third-order valence-corrected chi connectivity index (χ3v) is 6.94. The molecular weight excluding hydrogens is 456 g/mol. The van der Waals surface area contributed by atoms with E-state index in [-0.39, 0.29) is 6.61 Å².